The average molecular weight is 311 g/mol. The summed E-state index contributed by atoms with van der Waals surface area (Å²) in [6, 6.07) is -0.721. The van der Waals surface area contributed by atoms with Crippen LogP contribution in [0.25, 0.3) is 0 Å². The molecule has 2 aliphatic rings. The molecular formula is C17H29NO4. The normalized spacial score (nSPS) is 22.0. The highest BCUT2D eigenvalue weighted by Crippen LogP contribution is 2.22. The summed E-state index contributed by atoms with van der Waals surface area (Å²) < 4.78 is 10.8. The molecule has 1 atom stereocenters. The van der Waals surface area contributed by atoms with Gasteiger partial charge in [-0.1, -0.05) is 12.8 Å². The van der Waals surface area contributed by atoms with Crippen molar-refractivity contribution in [1.29, 1.82) is 0 Å². The van der Waals surface area contributed by atoms with Crippen LogP contribution in [0.3, 0.4) is 0 Å². The quantitative estimate of drug-likeness (QED) is 0.763. The molecule has 0 spiro atoms. The van der Waals surface area contributed by atoms with E-state index in [1.54, 1.807) is 0 Å². The van der Waals surface area contributed by atoms with Crippen LogP contribution in [0.5, 0.6) is 0 Å². The van der Waals surface area contributed by atoms with Gasteiger partial charge in [0.1, 0.15) is 18.2 Å². The second kappa shape index (κ2) is 9.13. The topological polar surface area (TPSA) is 78.6 Å². The molecule has 0 amide bonds. The largest absolute Gasteiger partial charge is 0.462 e. The molecule has 0 heterocycles. The van der Waals surface area contributed by atoms with Crippen molar-refractivity contribution in [2.45, 2.75) is 95.3 Å². The van der Waals surface area contributed by atoms with E-state index in [-0.39, 0.29) is 30.6 Å². The monoisotopic (exact) mass is 311 g/mol. The first kappa shape index (κ1) is 17.3. The van der Waals surface area contributed by atoms with Gasteiger partial charge in [0.2, 0.25) is 0 Å². The van der Waals surface area contributed by atoms with Gasteiger partial charge in [-0.05, 0) is 57.8 Å². The summed E-state index contributed by atoms with van der Waals surface area (Å²) in [4.78, 5) is 23.7. The summed E-state index contributed by atoms with van der Waals surface area (Å²) in [5, 5.41) is 0. The Kier molecular flexibility index (Phi) is 7.16. The zero-order chi connectivity index (χ0) is 15.8. The van der Waals surface area contributed by atoms with Gasteiger partial charge in [-0.25, -0.2) is 0 Å². The van der Waals surface area contributed by atoms with Gasteiger partial charge >= 0.3 is 11.9 Å². The van der Waals surface area contributed by atoms with Crippen molar-refractivity contribution in [2.24, 2.45) is 5.73 Å². The minimum Gasteiger partial charge on any atom is -0.462 e. The fourth-order valence-electron chi connectivity index (χ4n) is 3.25. The minimum absolute atomic E-state index is 0.0153. The first-order valence-corrected chi connectivity index (χ1v) is 8.80. The molecule has 126 valence electrons. The van der Waals surface area contributed by atoms with E-state index in [4.69, 9.17) is 15.2 Å². The summed E-state index contributed by atoms with van der Waals surface area (Å²) in [6.45, 7) is 0. The standard InChI is InChI=1S/C17H29NO4/c18-15(17(20)22-14-9-5-2-6-10-14)11-12-16(19)21-13-7-3-1-4-8-13/h13-15H,1-12,18H2/t15-/m1/s1. The van der Waals surface area contributed by atoms with Crippen LogP contribution in [0.4, 0.5) is 0 Å². The zero-order valence-electron chi connectivity index (χ0n) is 13.4. The Morgan fingerprint density at radius 3 is 1.91 bits per heavy atom. The minimum atomic E-state index is -0.721. The predicted octanol–water partition coefficient (Wildman–Crippen LogP) is 2.85. The zero-order valence-corrected chi connectivity index (χ0v) is 13.4. The number of carbonyl (C=O) groups is 2. The van der Waals surface area contributed by atoms with Crippen LogP contribution in [0.2, 0.25) is 0 Å². The van der Waals surface area contributed by atoms with E-state index in [1.807, 2.05) is 0 Å². The van der Waals surface area contributed by atoms with Gasteiger partial charge in [0, 0.05) is 6.42 Å². The summed E-state index contributed by atoms with van der Waals surface area (Å²) in [7, 11) is 0. The van der Waals surface area contributed by atoms with Crippen molar-refractivity contribution in [3.05, 3.63) is 0 Å². The molecule has 2 aliphatic carbocycles. The number of hydrogen-bond donors (Lipinski definition) is 1. The second-order valence-electron chi connectivity index (χ2n) is 6.59. The lowest BCUT2D eigenvalue weighted by Crippen LogP contribution is -2.36. The van der Waals surface area contributed by atoms with E-state index in [0.29, 0.717) is 6.42 Å². The van der Waals surface area contributed by atoms with Gasteiger partial charge in [-0.15, -0.1) is 0 Å². The van der Waals surface area contributed by atoms with Crippen molar-refractivity contribution in [2.75, 3.05) is 0 Å². The van der Waals surface area contributed by atoms with E-state index >= 15 is 0 Å². The Morgan fingerprint density at radius 1 is 0.864 bits per heavy atom. The van der Waals surface area contributed by atoms with E-state index in [1.165, 1.54) is 12.8 Å². The molecule has 0 aromatic carbocycles. The smallest absolute Gasteiger partial charge is 0.323 e. The van der Waals surface area contributed by atoms with Gasteiger partial charge in [-0.3, -0.25) is 9.59 Å². The highest BCUT2D eigenvalue weighted by atomic mass is 16.5. The molecule has 0 aliphatic heterocycles. The summed E-state index contributed by atoms with van der Waals surface area (Å²) in [6.07, 6.45) is 11.3. The first-order valence-electron chi connectivity index (χ1n) is 8.80. The van der Waals surface area contributed by atoms with Crippen molar-refractivity contribution < 1.29 is 19.1 Å². The van der Waals surface area contributed by atoms with E-state index in [2.05, 4.69) is 0 Å². The van der Waals surface area contributed by atoms with Gasteiger partial charge in [0.25, 0.3) is 0 Å². The maximum Gasteiger partial charge on any atom is 0.323 e. The fourth-order valence-corrected chi connectivity index (χ4v) is 3.25. The fraction of sp³-hybridized carbons (Fsp3) is 0.882. The van der Waals surface area contributed by atoms with Crippen molar-refractivity contribution in [3.63, 3.8) is 0 Å². The SMILES string of the molecule is N[C@H](CCC(=O)OC1CCCCC1)C(=O)OC1CCCCC1. The molecule has 22 heavy (non-hydrogen) atoms. The van der Waals surface area contributed by atoms with E-state index in [0.717, 1.165) is 51.4 Å². The van der Waals surface area contributed by atoms with Gasteiger partial charge in [0.05, 0.1) is 0 Å². The molecule has 2 saturated carbocycles. The van der Waals surface area contributed by atoms with Gasteiger partial charge in [-0.2, -0.15) is 0 Å². The molecule has 0 radical (unpaired) electrons. The third-order valence-corrected chi connectivity index (χ3v) is 4.65. The third kappa shape index (κ3) is 5.95. The summed E-state index contributed by atoms with van der Waals surface area (Å²) in [5.74, 6) is -0.620. The summed E-state index contributed by atoms with van der Waals surface area (Å²) >= 11 is 0. The van der Waals surface area contributed by atoms with Crippen LogP contribution in [-0.2, 0) is 19.1 Å². The highest BCUT2D eigenvalue weighted by molar-refractivity contribution is 5.77. The van der Waals surface area contributed by atoms with Crippen molar-refractivity contribution >= 4 is 11.9 Å². The molecule has 0 aromatic heterocycles. The van der Waals surface area contributed by atoms with Gasteiger partial charge < -0.3 is 15.2 Å². The Bertz CT molecular complexity index is 360. The van der Waals surface area contributed by atoms with Gasteiger partial charge in [0.15, 0.2) is 0 Å². The molecule has 0 aromatic rings. The highest BCUT2D eigenvalue weighted by Gasteiger charge is 2.24. The van der Waals surface area contributed by atoms with E-state index < -0.39 is 6.04 Å². The maximum atomic E-state index is 11.9. The number of hydrogen-bond acceptors (Lipinski definition) is 5. The van der Waals surface area contributed by atoms with Crippen LogP contribution >= 0.6 is 0 Å². The lowest BCUT2D eigenvalue weighted by atomic mass is 9.97. The predicted molar refractivity (Wildman–Crippen MR) is 83.1 cm³/mol. The van der Waals surface area contributed by atoms with Crippen LogP contribution in [0.15, 0.2) is 0 Å². The Balaban J connectivity index is 1.61. The number of nitrogens with two attached hydrogens (primary N) is 1. The molecule has 2 fully saturated rings. The Hall–Kier alpha value is -1.10. The van der Waals surface area contributed by atoms with Crippen LogP contribution in [0, 0.1) is 0 Å². The molecule has 2 N–H and O–H groups in total. The first-order chi connectivity index (χ1) is 10.6. The number of ether oxygens (including phenoxy) is 2. The Morgan fingerprint density at radius 2 is 1.36 bits per heavy atom. The number of esters is 2. The summed E-state index contributed by atoms with van der Waals surface area (Å²) in [5.41, 5.74) is 5.83. The van der Waals surface area contributed by atoms with E-state index in [9.17, 15) is 9.59 Å². The molecule has 0 saturated heterocycles. The van der Waals surface area contributed by atoms with Crippen LogP contribution < -0.4 is 5.73 Å². The van der Waals surface area contributed by atoms with Crippen LogP contribution in [-0.4, -0.2) is 30.2 Å². The molecule has 0 unspecified atom stereocenters. The van der Waals surface area contributed by atoms with Crippen molar-refractivity contribution in [3.8, 4) is 0 Å². The maximum absolute atomic E-state index is 11.9. The van der Waals surface area contributed by atoms with Crippen LogP contribution in [0.1, 0.15) is 77.0 Å². The second-order valence-corrected chi connectivity index (χ2v) is 6.59. The van der Waals surface area contributed by atoms with Crippen molar-refractivity contribution in [1.82, 2.24) is 0 Å². The number of carbonyl (C=O) groups excluding carboxylic acids is 2. The number of rotatable bonds is 6. The molecular weight excluding hydrogens is 282 g/mol. The Labute approximate surface area is 132 Å². The molecule has 2 rings (SSSR count). The lowest BCUT2D eigenvalue weighted by Gasteiger charge is -2.24. The third-order valence-electron chi connectivity index (χ3n) is 4.65. The molecule has 5 heteroatoms. The molecule has 0 bridgehead atoms. The lowest BCUT2D eigenvalue weighted by molar-refractivity contribution is -0.153. The average Bonchev–Trinajstić information content (AvgIpc) is 2.54. The molecule has 5 nitrogen and oxygen atoms in total.